The quantitative estimate of drug-likeness (QED) is 0.259. The van der Waals surface area contributed by atoms with Gasteiger partial charge in [0, 0.05) is 25.1 Å². The second kappa shape index (κ2) is 14.5. The molecule has 1 aliphatic rings. The lowest BCUT2D eigenvalue weighted by molar-refractivity contribution is -0.139. The summed E-state index contributed by atoms with van der Waals surface area (Å²) < 4.78 is 36.5. The fraction of sp³-hybridized carbons (Fsp3) is 0.393. The highest BCUT2D eigenvalue weighted by atomic mass is 32.2. The first-order valence-electron chi connectivity index (χ1n) is 12.9. The zero-order valence-corrected chi connectivity index (χ0v) is 23.1. The Bertz CT molecular complexity index is 1310. The van der Waals surface area contributed by atoms with Crippen LogP contribution in [0.5, 0.6) is 0 Å². The molecule has 11 nitrogen and oxygen atoms in total. The number of amides is 2. The van der Waals surface area contributed by atoms with Gasteiger partial charge in [-0.25, -0.2) is 8.42 Å². The summed E-state index contributed by atoms with van der Waals surface area (Å²) in [6, 6.07) is 15.6. The second-order valence-electron chi connectivity index (χ2n) is 9.39. The molecule has 2 aromatic rings. The fourth-order valence-electron chi connectivity index (χ4n) is 4.18. The summed E-state index contributed by atoms with van der Waals surface area (Å²) in [5.41, 5.74) is 0.914. The highest BCUT2D eigenvalue weighted by molar-refractivity contribution is 7.90. The molecule has 2 aromatic carbocycles. The molecule has 3 N–H and O–H groups in total. The van der Waals surface area contributed by atoms with Crippen molar-refractivity contribution in [2.24, 2.45) is 5.92 Å². The summed E-state index contributed by atoms with van der Waals surface area (Å²) in [5, 5.41) is 18.6. The van der Waals surface area contributed by atoms with E-state index in [-0.39, 0.29) is 24.5 Å². The third-order valence-electron chi connectivity index (χ3n) is 6.35. The van der Waals surface area contributed by atoms with Gasteiger partial charge < -0.3 is 19.7 Å². The Kier molecular flexibility index (Phi) is 11.1. The van der Waals surface area contributed by atoms with Crippen molar-refractivity contribution in [2.75, 3.05) is 32.1 Å². The molecule has 0 bridgehead atoms. The molecule has 1 saturated heterocycles. The van der Waals surface area contributed by atoms with Crippen molar-refractivity contribution >= 4 is 39.2 Å². The van der Waals surface area contributed by atoms with E-state index in [9.17, 15) is 22.8 Å². The molecule has 1 unspecified atom stereocenters. The number of hydrogen-bond acceptors (Lipinski definition) is 9. The largest absolute Gasteiger partial charge is 0.417 e. The topological polar surface area (TPSA) is 167 Å². The highest BCUT2D eigenvalue weighted by Crippen LogP contribution is 2.16. The first-order chi connectivity index (χ1) is 19.1. The summed E-state index contributed by atoms with van der Waals surface area (Å²) in [5.74, 6) is -5.44. The van der Waals surface area contributed by atoms with Crippen LogP contribution in [0.3, 0.4) is 0 Å². The molecule has 0 aliphatic carbocycles. The molecule has 1 fully saturated rings. The van der Waals surface area contributed by atoms with Crippen LogP contribution < -0.4 is 5.32 Å². The molecule has 40 heavy (non-hydrogen) atoms. The number of Topliss-reactive ketones (excluding diaryl/α,β-unsaturated/α-hetero) is 1. The maximum atomic E-state index is 13.4. The Morgan fingerprint density at radius 3 is 2.20 bits per heavy atom. The van der Waals surface area contributed by atoms with Crippen molar-refractivity contribution in [2.45, 2.75) is 31.6 Å². The number of nitrogens with one attached hydrogen (secondary N) is 3. The predicted molar refractivity (Wildman–Crippen MR) is 149 cm³/mol. The fourth-order valence-corrected chi connectivity index (χ4v) is 5.88. The number of sulfone groups is 1. The minimum Gasteiger partial charge on any atom is -0.417 e. The van der Waals surface area contributed by atoms with Crippen molar-refractivity contribution < 1.29 is 32.3 Å². The van der Waals surface area contributed by atoms with Gasteiger partial charge in [0.2, 0.25) is 23.5 Å². The molecule has 0 radical (unpaired) electrons. The molecule has 0 spiro atoms. The summed E-state index contributed by atoms with van der Waals surface area (Å²) in [6.07, 6.45) is -0.285. The van der Waals surface area contributed by atoms with E-state index >= 15 is 0 Å². The van der Waals surface area contributed by atoms with E-state index in [0.717, 1.165) is 0 Å². The van der Waals surface area contributed by atoms with Crippen molar-refractivity contribution in [3.63, 3.8) is 0 Å². The first kappa shape index (κ1) is 30.6. The van der Waals surface area contributed by atoms with Gasteiger partial charge in [0.05, 0.1) is 36.7 Å². The van der Waals surface area contributed by atoms with E-state index in [1.54, 1.807) is 67.6 Å². The minimum absolute atomic E-state index is 0.0792. The number of hydrogen-bond donors (Lipinski definition) is 3. The second-order valence-corrected chi connectivity index (χ2v) is 11.5. The molecular formula is C28H34N4O7S. The Balaban J connectivity index is 1.72. The zero-order valence-electron chi connectivity index (χ0n) is 22.3. The summed E-state index contributed by atoms with van der Waals surface area (Å²) in [4.78, 5) is 40.8. The Morgan fingerprint density at radius 2 is 1.60 bits per heavy atom. The average molecular weight is 571 g/mol. The molecule has 2 atom stereocenters. The molecule has 3 rings (SSSR count). The lowest BCUT2D eigenvalue weighted by Gasteiger charge is -2.28. The van der Waals surface area contributed by atoms with Crippen molar-refractivity contribution in [3.05, 3.63) is 71.8 Å². The standard InChI is InChI=1S/C28H34N4O7S/c1-2-23(25(34)27(30)39-26(29)21-11-7-4-8-12-21)31-28(35)22(17-24(33)32-13-15-38-16-14-32)19-40(36,37)18-20-9-5-3-6-10-20/h3-12,22-23,29-30H,2,13-19H2,1H3,(H,31,35)/t22?,23-/m0/s1. The van der Waals surface area contributed by atoms with Gasteiger partial charge in [-0.05, 0) is 24.1 Å². The van der Waals surface area contributed by atoms with Crippen LogP contribution >= 0.6 is 0 Å². The van der Waals surface area contributed by atoms with Crippen LogP contribution in [0.2, 0.25) is 0 Å². The lowest BCUT2D eigenvalue weighted by atomic mass is 10.0. The average Bonchev–Trinajstić information content (AvgIpc) is 2.96. The first-order valence-corrected chi connectivity index (χ1v) is 14.8. The predicted octanol–water partition coefficient (Wildman–Crippen LogP) is 1.95. The van der Waals surface area contributed by atoms with Gasteiger partial charge in [-0.3, -0.25) is 25.2 Å². The summed E-state index contributed by atoms with van der Waals surface area (Å²) in [7, 11) is -3.82. The molecular weight excluding hydrogens is 536 g/mol. The monoisotopic (exact) mass is 570 g/mol. The molecule has 214 valence electrons. The van der Waals surface area contributed by atoms with Crippen molar-refractivity contribution in [1.29, 1.82) is 10.8 Å². The zero-order chi connectivity index (χ0) is 29.1. The number of ether oxygens (including phenoxy) is 2. The maximum absolute atomic E-state index is 13.4. The summed E-state index contributed by atoms with van der Waals surface area (Å²) in [6.45, 7) is 2.98. The third-order valence-corrected chi connectivity index (χ3v) is 8.03. The molecule has 1 heterocycles. The molecule has 1 aliphatic heterocycles. The molecule has 0 aromatic heterocycles. The normalized spacial score (nSPS) is 15.0. The number of carbonyl (C=O) groups excluding carboxylic acids is 3. The van der Waals surface area contributed by atoms with Crippen LogP contribution in [0.15, 0.2) is 60.7 Å². The van der Waals surface area contributed by atoms with E-state index < -0.39 is 51.0 Å². The van der Waals surface area contributed by atoms with Crippen molar-refractivity contribution in [1.82, 2.24) is 10.2 Å². The number of carbonyl (C=O) groups is 3. The highest BCUT2D eigenvalue weighted by Gasteiger charge is 2.33. The van der Waals surface area contributed by atoms with Crippen molar-refractivity contribution in [3.8, 4) is 0 Å². The van der Waals surface area contributed by atoms with Crippen LogP contribution in [0.1, 0.15) is 30.9 Å². The van der Waals surface area contributed by atoms with E-state index in [4.69, 9.17) is 20.3 Å². The Labute approximate surface area is 233 Å². The third kappa shape index (κ3) is 9.09. The van der Waals surface area contributed by atoms with Crippen LogP contribution in [0.25, 0.3) is 0 Å². The van der Waals surface area contributed by atoms with Crippen LogP contribution in [-0.4, -0.2) is 80.8 Å². The summed E-state index contributed by atoms with van der Waals surface area (Å²) >= 11 is 0. The van der Waals surface area contributed by atoms with E-state index in [2.05, 4.69) is 5.32 Å². The Morgan fingerprint density at radius 1 is 1.00 bits per heavy atom. The van der Waals surface area contributed by atoms with Crippen LogP contribution in [0, 0.1) is 16.7 Å². The smallest absolute Gasteiger partial charge is 0.259 e. The van der Waals surface area contributed by atoms with Gasteiger partial charge in [-0.15, -0.1) is 0 Å². The SMILES string of the molecule is CC[C@H](NC(=O)C(CC(=O)N1CCOCC1)CS(=O)(=O)Cc1ccccc1)C(=O)C(=N)OC(=N)c1ccccc1. The van der Waals surface area contributed by atoms with E-state index in [1.165, 1.54) is 4.90 Å². The Hall–Kier alpha value is -3.90. The van der Waals surface area contributed by atoms with Crippen LogP contribution in [0.4, 0.5) is 0 Å². The van der Waals surface area contributed by atoms with Gasteiger partial charge in [0.25, 0.3) is 5.90 Å². The number of morpholine rings is 1. The molecule has 0 saturated carbocycles. The molecule has 12 heteroatoms. The lowest BCUT2D eigenvalue weighted by Crippen LogP contribution is -2.49. The number of benzene rings is 2. The minimum atomic E-state index is -3.82. The van der Waals surface area contributed by atoms with Gasteiger partial charge >= 0.3 is 0 Å². The van der Waals surface area contributed by atoms with Gasteiger partial charge in [0.15, 0.2) is 9.84 Å². The maximum Gasteiger partial charge on any atom is 0.259 e. The van der Waals surface area contributed by atoms with E-state index in [1.807, 2.05) is 0 Å². The van der Waals surface area contributed by atoms with Crippen LogP contribution in [-0.2, 0) is 39.4 Å². The van der Waals surface area contributed by atoms with E-state index in [0.29, 0.717) is 37.4 Å². The number of ketones is 1. The van der Waals surface area contributed by atoms with Gasteiger partial charge in [-0.1, -0.05) is 55.5 Å². The van der Waals surface area contributed by atoms with Gasteiger partial charge in [-0.2, -0.15) is 0 Å². The van der Waals surface area contributed by atoms with Gasteiger partial charge in [0.1, 0.15) is 0 Å². The number of nitrogens with zero attached hydrogens (tertiary/aromatic N) is 1. The molecule has 2 amide bonds. The number of rotatable bonds is 12.